The smallest absolute Gasteiger partial charge is 0.271 e. The van der Waals surface area contributed by atoms with Gasteiger partial charge in [0.2, 0.25) is 0 Å². The van der Waals surface area contributed by atoms with Crippen molar-refractivity contribution in [2.24, 2.45) is 5.10 Å². The monoisotopic (exact) mass is 439 g/mol. The first-order chi connectivity index (χ1) is 13.5. The zero-order valence-corrected chi connectivity index (χ0v) is 16.1. The molecule has 0 saturated carbocycles. The molecule has 0 heterocycles. The molecule has 0 spiro atoms. The molecule has 2 N–H and O–H groups in total. The number of anilines is 1. The summed E-state index contributed by atoms with van der Waals surface area (Å²) in [6.07, 6.45) is 1.53. The van der Waals surface area contributed by atoms with Crippen molar-refractivity contribution in [1.29, 1.82) is 0 Å². The second kappa shape index (κ2) is 9.05. The fourth-order valence-electron chi connectivity index (χ4n) is 2.32. The average Bonchev–Trinajstić information content (AvgIpc) is 2.70. The van der Waals surface area contributed by atoms with Crippen molar-refractivity contribution in [1.82, 2.24) is 5.43 Å². The first kappa shape index (κ1) is 19.4. The van der Waals surface area contributed by atoms with Gasteiger partial charge in [0.05, 0.1) is 6.21 Å². The molecule has 7 heteroatoms. The van der Waals surface area contributed by atoms with Gasteiger partial charge in [-0.3, -0.25) is 9.59 Å². The molecule has 0 atom stereocenters. The molecule has 0 unspecified atom stereocenters. The summed E-state index contributed by atoms with van der Waals surface area (Å²) in [4.78, 5) is 24.4. The van der Waals surface area contributed by atoms with Crippen molar-refractivity contribution in [3.63, 3.8) is 0 Å². The molecule has 0 radical (unpaired) electrons. The van der Waals surface area contributed by atoms with E-state index in [1.54, 1.807) is 18.2 Å². The Hall–Kier alpha value is -3.32. The minimum Gasteiger partial charge on any atom is -0.322 e. The van der Waals surface area contributed by atoms with E-state index in [9.17, 15) is 14.0 Å². The lowest BCUT2D eigenvalue weighted by Gasteiger charge is -2.07. The fourth-order valence-corrected chi connectivity index (χ4v) is 2.59. The highest BCUT2D eigenvalue weighted by Gasteiger charge is 2.09. The van der Waals surface area contributed by atoms with Crippen molar-refractivity contribution in [3.05, 3.63) is 99.8 Å². The number of rotatable bonds is 5. The second-order valence-electron chi connectivity index (χ2n) is 5.79. The summed E-state index contributed by atoms with van der Waals surface area (Å²) < 4.78 is 13.9. The average molecular weight is 440 g/mol. The van der Waals surface area contributed by atoms with Crippen LogP contribution in [0.2, 0.25) is 0 Å². The lowest BCUT2D eigenvalue weighted by atomic mass is 10.1. The van der Waals surface area contributed by atoms with E-state index in [1.165, 1.54) is 36.5 Å². The van der Waals surface area contributed by atoms with Gasteiger partial charge >= 0.3 is 0 Å². The van der Waals surface area contributed by atoms with E-state index >= 15 is 0 Å². The van der Waals surface area contributed by atoms with Crippen LogP contribution in [-0.4, -0.2) is 18.0 Å². The summed E-state index contributed by atoms with van der Waals surface area (Å²) in [5.41, 5.74) is 4.38. The number of carbonyl (C=O) groups is 2. The van der Waals surface area contributed by atoms with Crippen molar-refractivity contribution >= 4 is 39.6 Å². The number of benzene rings is 3. The quantitative estimate of drug-likeness (QED) is 0.450. The maximum atomic E-state index is 13.0. The van der Waals surface area contributed by atoms with Crippen LogP contribution in [0.25, 0.3) is 0 Å². The Kier molecular flexibility index (Phi) is 6.29. The Balaban J connectivity index is 1.63. The molecular formula is C21H15BrFN3O2. The molecule has 140 valence electrons. The molecule has 5 nitrogen and oxygen atoms in total. The summed E-state index contributed by atoms with van der Waals surface area (Å²) >= 11 is 3.35. The number of nitrogens with zero attached hydrogens (tertiary/aromatic N) is 1. The molecule has 0 bridgehead atoms. The Labute approximate surface area is 169 Å². The number of halogens is 2. The van der Waals surface area contributed by atoms with Crippen LogP contribution in [0.4, 0.5) is 10.1 Å². The molecule has 0 fully saturated rings. The molecule has 0 aliphatic heterocycles. The third-order valence-corrected chi connectivity index (χ3v) is 4.27. The van der Waals surface area contributed by atoms with Crippen molar-refractivity contribution < 1.29 is 14.0 Å². The van der Waals surface area contributed by atoms with Gasteiger partial charge in [-0.15, -0.1) is 0 Å². The SMILES string of the molecule is O=C(NN=Cc1ccc(Br)cc1)c1cccc(NC(=O)c2ccc(F)cc2)c1. The minimum atomic E-state index is -0.418. The number of hydrogen-bond acceptors (Lipinski definition) is 3. The van der Waals surface area contributed by atoms with E-state index in [0.29, 0.717) is 16.8 Å². The molecule has 3 aromatic rings. The number of nitrogens with one attached hydrogen (secondary N) is 2. The van der Waals surface area contributed by atoms with Crippen LogP contribution in [0.15, 0.2) is 82.4 Å². The minimum absolute atomic E-state index is 0.315. The van der Waals surface area contributed by atoms with E-state index in [2.05, 4.69) is 31.8 Å². The zero-order chi connectivity index (χ0) is 19.9. The van der Waals surface area contributed by atoms with Crippen LogP contribution in [0.1, 0.15) is 26.3 Å². The molecule has 28 heavy (non-hydrogen) atoms. The first-order valence-electron chi connectivity index (χ1n) is 8.27. The molecule has 0 aliphatic rings. The zero-order valence-electron chi connectivity index (χ0n) is 14.5. The van der Waals surface area contributed by atoms with E-state index in [0.717, 1.165) is 10.0 Å². The van der Waals surface area contributed by atoms with Crippen LogP contribution < -0.4 is 10.7 Å². The second-order valence-corrected chi connectivity index (χ2v) is 6.71. The summed E-state index contributed by atoms with van der Waals surface area (Å²) in [6.45, 7) is 0. The molecule has 0 aliphatic carbocycles. The van der Waals surface area contributed by atoms with Gasteiger partial charge < -0.3 is 5.32 Å². The molecular weight excluding hydrogens is 425 g/mol. The van der Waals surface area contributed by atoms with E-state index in [-0.39, 0.29) is 0 Å². The molecule has 3 aromatic carbocycles. The van der Waals surface area contributed by atoms with Gasteiger partial charge in [0.25, 0.3) is 11.8 Å². The number of hydrazone groups is 1. The number of carbonyl (C=O) groups excluding carboxylic acids is 2. The first-order valence-corrected chi connectivity index (χ1v) is 9.06. The van der Waals surface area contributed by atoms with E-state index < -0.39 is 17.6 Å². The molecule has 2 amide bonds. The standard InChI is InChI=1S/C21H15BrFN3O2/c22-17-8-4-14(5-9-17)13-24-26-21(28)16-2-1-3-19(12-16)25-20(27)15-6-10-18(23)11-7-15/h1-13H,(H,25,27)(H,26,28). The Bertz CT molecular complexity index is 1020. The van der Waals surface area contributed by atoms with Crippen LogP contribution in [-0.2, 0) is 0 Å². The van der Waals surface area contributed by atoms with Gasteiger partial charge in [-0.1, -0.05) is 34.1 Å². The van der Waals surface area contributed by atoms with Crippen molar-refractivity contribution in [2.75, 3.05) is 5.32 Å². The maximum absolute atomic E-state index is 13.0. The van der Waals surface area contributed by atoms with E-state index in [4.69, 9.17) is 0 Å². The summed E-state index contributed by atoms with van der Waals surface area (Å²) in [5, 5.41) is 6.61. The van der Waals surface area contributed by atoms with Gasteiger partial charge in [-0.2, -0.15) is 5.10 Å². The summed E-state index contributed by atoms with van der Waals surface area (Å²) in [6, 6.07) is 19.1. The van der Waals surface area contributed by atoms with Gasteiger partial charge in [0.1, 0.15) is 5.82 Å². The van der Waals surface area contributed by atoms with Crippen LogP contribution in [0.3, 0.4) is 0 Å². The van der Waals surface area contributed by atoms with Gasteiger partial charge in [0, 0.05) is 21.3 Å². The lowest BCUT2D eigenvalue weighted by molar-refractivity contribution is 0.0953. The van der Waals surface area contributed by atoms with Crippen LogP contribution in [0.5, 0.6) is 0 Å². The largest absolute Gasteiger partial charge is 0.322 e. The Morgan fingerprint density at radius 2 is 1.61 bits per heavy atom. The van der Waals surface area contributed by atoms with Crippen LogP contribution in [0, 0.1) is 5.82 Å². The molecule has 0 aromatic heterocycles. The normalized spacial score (nSPS) is 10.6. The molecule has 0 saturated heterocycles. The topological polar surface area (TPSA) is 70.6 Å². The highest BCUT2D eigenvalue weighted by atomic mass is 79.9. The summed E-state index contributed by atoms with van der Waals surface area (Å²) in [7, 11) is 0. The van der Waals surface area contributed by atoms with Crippen molar-refractivity contribution in [2.45, 2.75) is 0 Å². The number of amides is 2. The van der Waals surface area contributed by atoms with E-state index in [1.807, 2.05) is 24.3 Å². The van der Waals surface area contributed by atoms with Gasteiger partial charge in [-0.05, 0) is 60.2 Å². The third kappa shape index (κ3) is 5.34. The maximum Gasteiger partial charge on any atom is 0.271 e. The Morgan fingerprint density at radius 1 is 0.893 bits per heavy atom. The van der Waals surface area contributed by atoms with Gasteiger partial charge in [-0.25, -0.2) is 9.82 Å². The summed E-state index contributed by atoms with van der Waals surface area (Å²) in [5.74, 6) is -1.23. The molecule has 3 rings (SSSR count). The Morgan fingerprint density at radius 3 is 2.32 bits per heavy atom. The lowest BCUT2D eigenvalue weighted by Crippen LogP contribution is -2.18. The third-order valence-electron chi connectivity index (χ3n) is 3.74. The van der Waals surface area contributed by atoms with Crippen molar-refractivity contribution in [3.8, 4) is 0 Å². The fraction of sp³-hybridized carbons (Fsp3) is 0. The highest BCUT2D eigenvalue weighted by molar-refractivity contribution is 9.10. The predicted octanol–water partition coefficient (Wildman–Crippen LogP) is 4.60. The highest BCUT2D eigenvalue weighted by Crippen LogP contribution is 2.13. The van der Waals surface area contributed by atoms with Crippen LogP contribution >= 0.6 is 15.9 Å². The number of hydrogen-bond donors (Lipinski definition) is 2. The van der Waals surface area contributed by atoms with Gasteiger partial charge in [0.15, 0.2) is 0 Å². The predicted molar refractivity (Wildman–Crippen MR) is 110 cm³/mol.